The Bertz CT molecular complexity index is 697. The molecule has 190 valence electrons. The van der Waals surface area contributed by atoms with Gasteiger partial charge in [0, 0.05) is 6.61 Å². The topological polar surface area (TPSA) is 98.8 Å². The molecule has 0 N–H and O–H groups in total. The summed E-state index contributed by atoms with van der Waals surface area (Å²) >= 11 is 0. The lowest BCUT2D eigenvalue weighted by molar-refractivity contribution is -0.159. The number of rotatable bonds is 12. The zero-order chi connectivity index (χ0) is 24.2. The summed E-state index contributed by atoms with van der Waals surface area (Å²) in [5.74, 6) is -1.96. The summed E-state index contributed by atoms with van der Waals surface area (Å²) in [6.45, 7) is 8.83. The SMILES string of the molecule is CCCCOCC1OC(C)(C)OC1COCC1OC(C)(C)OC1COS(=O)(=O)C(F)(F)F. The van der Waals surface area contributed by atoms with Gasteiger partial charge in [-0.1, -0.05) is 13.3 Å². The van der Waals surface area contributed by atoms with E-state index < -0.39 is 52.1 Å². The molecule has 2 rings (SSSR count). The predicted molar refractivity (Wildman–Crippen MR) is 105 cm³/mol. The number of hydrogen-bond donors (Lipinski definition) is 0. The van der Waals surface area contributed by atoms with Gasteiger partial charge in [-0.15, -0.1) is 0 Å². The molecule has 2 saturated heterocycles. The fourth-order valence-electron chi connectivity index (χ4n) is 3.35. The normalized spacial score (nSPS) is 30.1. The van der Waals surface area contributed by atoms with Gasteiger partial charge < -0.3 is 28.4 Å². The summed E-state index contributed by atoms with van der Waals surface area (Å²) in [6, 6.07) is 0. The molecule has 0 saturated carbocycles. The molecule has 0 radical (unpaired) electrons. The molecule has 0 amide bonds. The Morgan fingerprint density at radius 1 is 0.781 bits per heavy atom. The molecular formula is C19H33F3O9S. The van der Waals surface area contributed by atoms with Crippen molar-refractivity contribution in [2.24, 2.45) is 0 Å². The molecule has 2 aliphatic heterocycles. The summed E-state index contributed by atoms with van der Waals surface area (Å²) in [5, 5.41) is 0. The van der Waals surface area contributed by atoms with Crippen LogP contribution in [-0.4, -0.2) is 83.0 Å². The van der Waals surface area contributed by atoms with E-state index in [1.165, 1.54) is 0 Å². The molecule has 0 aromatic heterocycles. The predicted octanol–water partition coefficient (Wildman–Crippen LogP) is 2.73. The van der Waals surface area contributed by atoms with Gasteiger partial charge >= 0.3 is 15.6 Å². The van der Waals surface area contributed by atoms with Crippen molar-refractivity contribution < 1.29 is 54.2 Å². The molecule has 4 unspecified atom stereocenters. The van der Waals surface area contributed by atoms with Crippen molar-refractivity contribution in [3.8, 4) is 0 Å². The van der Waals surface area contributed by atoms with Crippen LogP contribution in [0.15, 0.2) is 0 Å². The average molecular weight is 495 g/mol. The van der Waals surface area contributed by atoms with Gasteiger partial charge in [-0.2, -0.15) is 21.6 Å². The van der Waals surface area contributed by atoms with Crippen LogP contribution in [-0.2, 0) is 42.7 Å². The molecule has 2 heterocycles. The van der Waals surface area contributed by atoms with Crippen molar-refractivity contribution >= 4 is 10.1 Å². The number of ether oxygens (including phenoxy) is 6. The van der Waals surface area contributed by atoms with E-state index in [9.17, 15) is 21.6 Å². The maximum Gasteiger partial charge on any atom is 0.523 e. The molecule has 9 nitrogen and oxygen atoms in total. The van der Waals surface area contributed by atoms with Crippen LogP contribution in [0.4, 0.5) is 13.2 Å². The largest absolute Gasteiger partial charge is 0.523 e. The van der Waals surface area contributed by atoms with Gasteiger partial charge in [0.1, 0.15) is 24.4 Å². The van der Waals surface area contributed by atoms with Crippen molar-refractivity contribution in [3.63, 3.8) is 0 Å². The smallest absolute Gasteiger partial charge is 0.379 e. The van der Waals surface area contributed by atoms with Gasteiger partial charge in [0.05, 0.1) is 26.4 Å². The molecule has 0 spiro atoms. The Morgan fingerprint density at radius 3 is 1.59 bits per heavy atom. The lowest BCUT2D eigenvalue weighted by atomic mass is 10.2. The average Bonchev–Trinajstić information content (AvgIpc) is 3.10. The van der Waals surface area contributed by atoms with Crippen LogP contribution in [0.2, 0.25) is 0 Å². The van der Waals surface area contributed by atoms with Gasteiger partial charge in [0.2, 0.25) is 0 Å². The molecule has 2 fully saturated rings. The summed E-state index contributed by atoms with van der Waals surface area (Å²) in [6.07, 6.45) is -0.761. The van der Waals surface area contributed by atoms with Crippen molar-refractivity contribution in [1.82, 2.24) is 0 Å². The number of alkyl halides is 3. The molecule has 32 heavy (non-hydrogen) atoms. The first-order valence-electron chi connectivity index (χ1n) is 10.5. The summed E-state index contributed by atoms with van der Waals surface area (Å²) in [4.78, 5) is 0. The second-order valence-corrected chi connectivity index (χ2v) is 10.2. The third-order valence-electron chi connectivity index (χ3n) is 4.73. The fourth-order valence-corrected chi connectivity index (χ4v) is 3.80. The number of halogens is 3. The molecule has 0 aliphatic carbocycles. The molecule has 0 aromatic carbocycles. The quantitative estimate of drug-likeness (QED) is 0.230. The maximum atomic E-state index is 12.5. The van der Waals surface area contributed by atoms with Crippen LogP contribution in [0.5, 0.6) is 0 Å². The van der Waals surface area contributed by atoms with Crippen molar-refractivity contribution in [1.29, 1.82) is 0 Å². The minimum absolute atomic E-state index is 0.0762. The highest BCUT2D eigenvalue weighted by molar-refractivity contribution is 7.87. The van der Waals surface area contributed by atoms with Crippen molar-refractivity contribution in [3.05, 3.63) is 0 Å². The molecule has 2 aliphatic rings. The van der Waals surface area contributed by atoms with Crippen LogP contribution in [0.1, 0.15) is 47.5 Å². The minimum atomic E-state index is -5.74. The van der Waals surface area contributed by atoms with E-state index in [-0.39, 0.29) is 19.3 Å². The second kappa shape index (κ2) is 10.8. The van der Waals surface area contributed by atoms with Crippen LogP contribution in [0, 0.1) is 0 Å². The first kappa shape index (κ1) is 27.7. The molecule has 4 atom stereocenters. The van der Waals surface area contributed by atoms with E-state index >= 15 is 0 Å². The van der Waals surface area contributed by atoms with E-state index in [4.69, 9.17) is 28.4 Å². The summed E-state index contributed by atoms with van der Waals surface area (Å²) in [5.41, 5.74) is -5.52. The van der Waals surface area contributed by atoms with E-state index in [2.05, 4.69) is 11.1 Å². The number of unbranched alkanes of at least 4 members (excludes halogenated alkanes) is 1. The Hall–Kier alpha value is -0.540. The third kappa shape index (κ3) is 8.05. The van der Waals surface area contributed by atoms with E-state index in [1.54, 1.807) is 27.7 Å². The summed E-state index contributed by atoms with van der Waals surface area (Å²) in [7, 11) is -5.74. The van der Waals surface area contributed by atoms with Crippen molar-refractivity contribution in [2.45, 2.75) is 89.0 Å². The highest BCUT2D eigenvalue weighted by Crippen LogP contribution is 2.32. The Labute approximate surface area is 186 Å². The zero-order valence-corrected chi connectivity index (χ0v) is 19.8. The van der Waals surface area contributed by atoms with Gasteiger partial charge in [-0.3, -0.25) is 4.18 Å². The highest BCUT2D eigenvalue weighted by atomic mass is 32.2. The lowest BCUT2D eigenvalue weighted by Crippen LogP contribution is -2.37. The first-order valence-corrected chi connectivity index (χ1v) is 11.9. The summed E-state index contributed by atoms with van der Waals surface area (Å²) < 4.78 is 98.1. The zero-order valence-electron chi connectivity index (χ0n) is 19.0. The van der Waals surface area contributed by atoms with E-state index in [1.807, 2.05) is 0 Å². The van der Waals surface area contributed by atoms with Crippen LogP contribution in [0.25, 0.3) is 0 Å². The van der Waals surface area contributed by atoms with Crippen LogP contribution < -0.4 is 0 Å². The van der Waals surface area contributed by atoms with Gasteiger partial charge in [-0.25, -0.2) is 0 Å². The van der Waals surface area contributed by atoms with Gasteiger partial charge in [0.15, 0.2) is 11.6 Å². The van der Waals surface area contributed by atoms with Crippen molar-refractivity contribution in [2.75, 3.05) is 33.0 Å². The van der Waals surface area contributed by atoms with Crippen LogP contribution >= 0.6 is 0 Å². The lowest BCUT2D eigenvalue weighted by Gasteiger charge is -2.20. The number of hydrogen-bond acceptors (Lipinski definition) is 9. The standard InChI is InChI=1S/C19H33F3O9S/c1-6-7-8-25-9-13-14(29-17(2,3)28-13)10-26-11-15-16(31-18(4,5)30-15)12-27-32(23,24)19(20,21)22/h13-16H,6-12H2,1-5H3. The maximum absolute atomic E-state index is 12.5. The monoisotopic (exact) mass is 494 g/mol. The first-order chi connectivity index (χ1) is 14.7. The Morgan fingerprint density at radius 2 is 1.19 bits per heavy atom. The Kier molecular flexibility index (Phi) is 9.36. The molecule has 0 aromatic rings. The van der Waals surface area contributed by atoms with Gasteiger partial charge in [0.25, 0.3) is 0 Å². The van der Waals surface area contributed by atoms with E-state index in [0.717, 1.165) is 12.8 Å². The fraction of sp³-hybridized carbons (Fsp3) is 1.00. The highest BCUT2D eigenvalue weighted by Gasteiger charge is 2.49. The molecule has 13 heteroatoms. The van der Waals surface area contributed by atoms with Crippen LogP contribution in [0.3, 0.4) is 0 Å². The van der Waals surface area contributed by atoms with E-state index in [0.29, 0.717) is 13.2 Å². The molecule has 0 bridgehead atoms. The third-order valence-corrected chi connectivity index (χ3v) is 5.74. The minimum Gasteiger partial charge on any atom is -0.379 e. The molecular weight excluding hydrogens is 461 g/mol. The second-order valence-electron chi connectivity index (χ2n) is 8.58. The van der Waals surface area contributed by atoms with Gasteiger partial charge in [-0.05, 0) is 34.1 Å². The Balaban J connectivity index is 1.88.